The number of imidazole rings is 1. The number of hydrogen-bond donors (Lipinski definition) is 1. The van der Waals surface area contributed by atoms with Crippen molar-refractivity contribution in [2.24, 2.45) is 0 Å². The minimum absolute atomic E-state index is 0. The fourth-order valence-electron chi connectivity index (χ4n) is 2.70. The Morgan fingerprint density at radius 1 is 1.11 bits per heavy atom. The SMILES string of the molecule is CC(=O)/C=C(/C)O.Cc1cccc(C)c1-n1ccnc1-c1[c-]cccc1.[Pt]. The second-order valence-corrected chi connectivity index (χ2v) is 6.03. The van der Waals surface area contributed by atoms with Crippen LogP contribution in [0, 0.1) is 19.9 Å². The molecule has 3 rings (SSSR count). The van der Waals surface area contributed by atoms with Crippen molar-refractivity contribution in [1.29, 1.82) is 0 Å². The van der Waals surface area contributed by atoms with Crippen LogP contribution >= 0.6 is 0 Å². The Morgan fingerprint density at radius 2 is 1.78 bits per heavy atom. The first-order valence-electron chi connectivity index (χ1n) is 8.35. The van der Waals surface area contributed by atoms with E-state index in [4.69, 9.17) is 5.11 Å². The number of aryl methyl sites for hydroxylation is 2. The average molecular weight is 543 g/mol. The van der Waals surface area contributed by atoms with Gasteiger partial charge >= 0.3 is 0 Å². The molecule has 1 heterocycles. The Balaban J connectivity index is 0.000000395. The molecule has 0 radical (unpaired) electrons. The van der Waals surface area contributed by atoms with Crippen LogP contribution in [0.3, 0.4) is 0 Å². The molecule has 0 amide bonds. The molecule has 0 unspecified atom stereocenters. The molecular formula is C22H23N2O2Pt-. The Morgan fingerprint density at radius 3 is 2.26 bits per heavy atom. The third kappa shape index (κ3) is 6.33. The first-order chi connectivity index (χ1) is 12.4. The number of rotatable bonds is 3. The fraction of sp³-hybridized carbons (Fsp3) is 0.182. The Bertz CT molecular complexity index is 891. The van der Waals surface area contributed by atoms with Crippen LogP contribution in [0.25, 0.3) is 17.1 Å². The van der Waals surface area contributed by atoms with Gasteiger partial charge in [0.2, 0.25) is 0 Å². The molecule has 0 aliphatic carbocycles. The molecule has 0 spiro atoms. The molecule has 0 aliphatic rings. The maximum absolute atomic E-state index is 10.0. The van der Waals surface area contributed by atoms with Gasteiger partial charge in [0.25, 0.3) is 0 Å². The maximum atomic E-state index is 10.0. The molecule has 3 aromatic rings. The first kappa shape index (κ1) is 22.6. The van der Waals surface area contributed by atoms with Crippen LogP contribution in [0.5, 0.6) is 0 Å². The normalized spacial score (nSPS) is 10.4. The van der Waals surface area contributed by atoms with Crippen molar-refractivity contribution in [1.82, 2.24) is 9.55 Å². The summed E-state index contributed by atoms with van der Waals surface area (Å²) in [5.41, 5.74) is 4.70. The van der Waals surface area contributed by atoms with Gasteiger partial charge in [0.15, 0.2) is 5.78 Å². The van der Waals surface area contributed by atoms with Gasteiger partial charge in [-0.2, -0.15) is 0 Å². The molecule has 0 saturated heterocycles. The third-order valence-corrected chi connectivity index (χ3v) is 3.68. The minimum Gasteiger partial charge on any atom is -0.512 e. The zero-order valence-corrected chi connectivity index (χ0v) is 18.1. The van der Waals surface area contributed by atoms with Crippen molar-refractivity contribution in [3.8, 4) is 17.1 Å². The van der Waals surface area contributed by atoms with Gasteiger partial charge in [0, 0.05) is 45.2 Å². The quantitative estimate of drug-likeness (QED) is 0.288. The topological polar surface area (TPSA) is 55.1 Å². The molecule has 0 aliphatic heterocycles. The number of aliphatic hydroxyl groups is 1. The number of aliphatic hydroxyl groups excluding tert-OH is 1. The smallest absolute Gasteiger partial charge is 0.155 e. The molecule has 0 fully saturated rings. The Kier molecular flexibility index (Phi) is 8.90. The van der Waals surface area contributed by atoms with E-state index in [1.54, 1.807) is 0 Å². The van der Waals surface area contributed by atoms with Gasteiger partial charge in [-0.05, 0) is 38.8 Å². The van der Waals surface area contributed by atoms with E-state index < -0.39 is 0 Å². The molecule has 1 aromatic heterocycles. The predicted molar refractivity (Wildman–Crippen MR) is 104 cm³/mol. The van der Waals surface area contributed by atoms with Crippen LogP contribution in [-0.4, -0.2) is 20.4 Å². The molecule has 144 valence electrons. The van der Waals surface area contributed by atoms with Crippen LogP contribution in [0.15, 0.2) is 66.7 Å². The summed E-state index contributed by atoms with van der Waals surface area (Å²) >= 11 is 0. The van der Waals surface area contributed by atoms with Crippen molar-refractivity contribution < 1.29 is 31.0 Å². The zero-order valence-electron chi connectivity index (χ0n) is 15.8. The summed E-state index contributed by atoms with van der Waals surface area (Å²) < 4.78 is 2.14. The standard InChI is InChI=1S/C17H15N2.C5H8O2.Pt/c1-13-7-6-8-14(2)16(13)19-12-11-18-17(19)15-9-4-3-5-10-15;1-4(6)3-5(2)7;/h3-9,11-12H,1-2H3;3,6H,1-2H3;/q-1;;/b;4-3-;. The molecule has 0 bridgehead atoms. The van der Waals surface area contributed by atoms with Crippen molar-refractivity contribution >= 4 is 5.78 Å². The van der Waals surface area contributed by atoms with Crippen LogP contribution < -0.4 is 0 Å². The zero-order chi connectivity index (χ0) is 19.1. The largest absolute Gasteiger partial charge is 0.512 e. The van der Waals surface area contributed by atoms with E-state index >= 15 is 0 Å². The first-order valence-corrected chi connectivity index (χ1v) is 8.35. The summed E-state index contributed by atoms with van der Waals surface area (Å²) in [6.07, 6.45) is 5.01. The minimum atomic E-state index is -0.125. The molecular weight excluding hydrogens is 519 g/mol. The molecule has 4 nitrogen and oxygen atoms in total. The van der Waals surface area contributed by atoms with E-state index in [9.17, 15) is 4.79 Å². The van der Waals surface area contributed by atoms with Gasteiger partial charge in [0.1, 0.15) is 0 Å². The molecule has 0 saturated carbocycles. The molecule has 0 atom stereocenters. The average Bonchev–Trinajstić information content (AvgIpc) is 3.04. The van der Waals surface area contributed by atoms with E-state index in [0.717, 1.165) is 11.4 Å². The number of nitrogens with zero attached hydrogens (tertiary/aromatic N) is 2. The summed E-state index contributed by atoms with van der Waals surface area (Å²) in [6, 6.07) is 17.5. The van der Waals surface area contributed by atoms with E-state index in [1.807, 2.05) is 36.7 Å². The number of benzene rings is 2. The van der Waals surface area contributed by atoms with Crippen molar-refractivity contribution in [3.05, 3.63) is 83.9 Å². The van der Waals surface area contributed by atoms with Crippen LogP contribution in [0.2, 0.25) is 0 Å². The van der Waals surface area contributed by atoms with Crippen LogP contribution in [0.4, 0.5) is 0 Å². The van der Waals surface area contributed by atoms with Gasteiger partial charge in [-0.1, -0.05) is 18.2 Å². The summed E-state index contributed by atoms with van der Waals surface area (Å²) in [6.45, 7) is 7.10. The van der Waals surface area contributed by atoms with Crippen molar-refractivity contribution in [3.63, 3.8) is 0 Å². The Labute approximate surface area is 174 Å². The van der Waals surface area contributed by atoms with E-state index in [1.165, 1.54) is 36.7 Å². The fourth-order valence-corrected chi connectivity index (χ4v) is 2.70. The van der Waals surface area contributed by atoms with Crippen LogP contribution in [-0.2, 0) is 25.9 Å². The molecule has 2 aromatic carbocycles. The molecule has 27 heavy (non-hydrogen) atoms. The Hall–Kier alpha value is -2.45. The monoisotopic (exact) mass is 542 g/mol. The van der Waals surface area contributed by atoms with Crippen molar-refractivity contribution in [2.75, 3.05) is 0 Å². The summed E-state index contributed by atoms with van der Waals surface area (Å²) in [7, 11) is 0. The van der Waals surface area contributed by atoms with Gasteiger partial charge in [-0.25, -0.2) is 0 Å². The van der Waals surface area contributed by atoms with Gasteiger partial charge in [0.05, 0.1) is 11.6 Å². The number of para-hydroxylation sites is 1. The number of ketones is 1. The van der Waals surface area contributed by atoms with E-state index in [0.29, 0.717) is 0 Å². The van der Waals surface area contributed by atoms with Crippen LogP contribution in [0.1, 0.15) is 25.0 Å². The van der Waals surface area contributed by atoms with E-state index in [-0.39, 0.29) is 32.6 Å². The number of carbonyl (C=O) groups excluding carboxylic acids is 1. The number of aromatic nitrogens is 2. The van der Waals surface area contributed by atoms with Gasteiger partial charge in [-0.15, -0.1) is 35.9 Å². The predicted octanol–water partition coefficient (Wildman–Crippen LogP) is 4.99. The second-order valence-electron chi connectivity index (χ2n) is 6.03. The second kappa shape index (κ2) is 10.6. The third-order valence-electron chi connectivity index (χ3n) is 3.68. The molecule has 1 N–H and O–H groups in total. The summed E-state index contributed by atoms with van der Waals surface area (Å²) in [5, 5.41) is 8.36. The number of hydrogen-bond acceptors (Lipinski definition) is 3. The van der Waals surface area contributed by atoms with Crippen molar-refractivity contribution in [2.45, 2.75) is 27.7 Å². The van der Waals surface area contributed by atoms with Gasteiger partial charge < -0.3 is 9.67 Å². The summed E-state index contributed by atoms with van der Waals surface area (Å²) in [5.74, 6) is 0.866. The number of carbonyl (C=O) groups is 1. The number of allylic oxidation sites excluding steroid dienone is 2. The summed E-state index contributed by atoms with van der Waals surface area (Å²) in [4.78, 5) is 14.5. The van der Waals surface area contributed by atoms with E-state index in [2.05, 4.69) is 47.7 Å². The van der Waals surface area contributed by atoms with Gasteiger partial charge in [-0.3, -0.25) is 9.78 Å². The molecule has 5 heteroatoms. The maximum Gasteiger partial charge on any atom is 0.155 e.